The van der Waals surface area contributed by atoms with Crippen LogP contribution in [-0.4, -0.2) is 5.78 Å². The topological polar surface area (TPSA) is 17.1 Å². The zero-order valence-corrected chi connectivity index (χ0v) is 9.51. The van der Waals surface area contributed by atoms with Gasteiger partial charge in [0.2, 0.25) is 0 Å². The molecule has 0 radical (unpaired) electrons. The Labute approximate surface area is 87.6 Å². The third-order valence-corrected chi connectivity index (χ3v) is 3.11. The zero-order valence-electron chi connectivity index (χ0n) is 9.51. The Balaban J connectivity index is 2.37. The highest BCUT2D eigenvalue weighted by molar-refractivity contribution is 5.90. The van der Waals surface area contributed by atoms with Crippen LogP contribution in [0.4, 0.5) is 0 Å². The van der Waals surface area contributed by atoms with Crippen molar-refractivity contribution in [2.75, 3.05) is 0 Å². The van der Waals surface area contributed by atoms with Gasteiger partial charge in [0, 0.05) is 6.42 Å². The van der Waals surface area contributed by atoms with E-state index in [1.54, 1.807) is 0 Å². The van der Waals surface area contributed by atoms with Crippen LogP contribution in [0.3, 0.4) is 0 Å². The lowest BCUT2D eigenvalue weighted by Gasteiger charge is -2.13. The zero-order chi connectivity index (χ0) is 10.4. The first kappa shape index (κ1) is 11.5. The fraction of sp³-hybridized carbons (Fsp3) is 0.769. The Bertz CT molecular complexity index is 207. The molecule has 1 unspecified atom stereocenters. The SMILES string of the molecule is CCC(C)CC(=O)C=C1CCCCC1. The molecule has 1 atom stereocenters. The van der Waals surface area contributed by atoms with Crippen LogP contribution >= 0.6 is 0 Å². The van der Waals surface area contributed by atoms with Crippen molar-refractivity contribution < 1.29 is 4.79 Å². The third kappa shape index (κ3) is 4.08. The summed E-state index contributed by atoms with van der Waals surface area (Å²) < 4.78 is 0. The van der Waals surface area contributed by atoms with E-state index in [0.29, 0.717) is 11.7 Å². The smallest absolute Gasteiger partial charge is 0.155 e. The van der Waals surface area contributed by atoms with Gasteiger partial charge >= 0.3 is 0 Å². The molecule has 1 aliphatic rings. The molecule has 0 saturated heterocycles. The Kier molecular flexibility index (Phi) is 4.92. The predicted octanol–water partition coefficient (Wildman–Crippen LogP) is 3.88. The quantitative estimate of drug-likeness (QED) is 0.621. The van der Waals surface area contributed by atoms with E-state index < -0.39 is 0 Å². The van der Waals surface area contributed by atoms with Gasteiger partial charge in [-0.3, -0.25) is 4.79 Å². The van der Waals surface area contributed by atoms with E-state index in [2.05, 4.69) is 13.8 Å². The molecule has 0 aromatic rings. The van der Waals surface area contributed by atoms with E-state index in [9.17, 15) is 4.79 Å². The van der Waals surface area contributed by atoms with Gasteiger partial charge in [0.25, 0.3) is 0 Å². The van der Waals surface area contributed by atoms with Crippen LogP contribution in [0, 0.1) is 5.92 Å². The molecular weight excluding hydrogens is 172 g/mol. The number of ketones is 1. The van der Waals surface area contributed by atoms with Gasteiger partial charge in [0.1, 0.15) is 0 Å². The van der Waals surface area contributed by atoms with E-state index >= 15 is 0 Å². The number of hydrogen-bond acceptors (Lipinski definition) is 1. The second-order valence-corrected chi connectivity index (χ2v) is 4.55. The summed E-state index contributed by atoms with van der Waals surface area (Å²) in [7, 11) is 0. The average Bonchev–Trinajstić information content (AvgIpc) is 2.19. The van der Waals surface area contributed by atoms with Crippen LogP contribution in [-0.2, 0) is 4.79 Å². The van der Waals surface area contributed by atoms with Crippen molar-refractivity contribution in [3.8, 4) is 0 Å². The van der Waals surface area contributed by atoms with Crippen LogP contribution in [0.2, 0.25) is 0 Å². The number of allylic oxidation sites excluding steroid dienone is 2. The second kappa shape index (κ2) is 6.00. The molecule has 0 heterocycles. The molecule has 0 aromatic carbocycles. The first-order valence-electron chi connectivity index (χ1n) is 5.94. The predicted molar refractivity (Wildman–Crippen MR) is 60.2 cm³/mol. The van der Waals surface area contributed by atoms with Gasteiger partial charge < -0.3 is 0 Å². The molecule has 1 saturated carbocycles. The maximum absolute atomic E-state index is 11.6. The largest absolute Gasteiger partial charge is 0.295 e. The molecule has 1 aliphatic carbocycles. The van der Waals surface area contributed by atoms with E-state index in [-0.39, 0.29) is 0 Å². The highest BCUT2D eigenvalue weighted by Crippen LogP contribution is 2.23. The average molecular weight is 194 g/mol. The molecule has 0 aromatic heterocycles. The molecule has 0 amide bonds. The van der Waals surface area contributed by atoms with Crippen molar-refractivity contribution in [2.45, 2.75) is 58.8 Å². The first-order valence-corrected chi connectivity index (χ1v) is 5.94. The number of rotatable bonds is 4. The van der Waals surface area contributed by atoms with Crippen LogP contribution < -0.4 is 0 Å². The lowest BCUT2D eigenvalue weighted by Crippen LogP contribution is -2.04. The molecule has 1 rings (SSSR count). The molecule has 1 fully saturated rings. The van der Waals surface area contributed by atoms with Gasteiger partial charge in [-0.05, 0) is 37.7 Å². The molecule has 1 nitrogen and oxygen atoms in total. The third-order valence-electron chi connectivity index (χ3n) is 3.11. The number of carbonyl (C=O) groups excluding carboxylic acids is 1. The van der Waals surface area contributed by atoms with Gasteiger partial charge in [-0.15, -0.1) is 0 Å². The maximum atomic E-state index is 11.6. The molecule has 1 heteroatoms. The maximum Gasteiger partial charge on any atom is 0.155 e. The molecule has 0 bridgehead atoms. The van der Waals surface area contributed by atoms with Crippen molar-refractivity contribution in [3.05, 3.63) is 11.6 Å². The fourth-order valence-corrected chi connectivity index (χ4v) is 1.92. The molecule has 14 heavy (non-hydrogen) atoms. The van der Waals surface area contributed by atoms with Crippen LogP contribution in [0.25, 0.3) is 0 Å². The van der Waals surface area contributed by atoms with Crippen LogP contribution in [0.5, 0.6) is 0 Å². The molecular formula is C13H22O. The van der Waals surface area contributed by atoms with Gasteiger partial charge in [-0.2, -0.15) is 0 Å². The summed E-state index contributed by atoms with van der Waals surface area (Å²) in [6, 6.07) is 0. The monoisotopic (exact) mass is 194 g/mol. The minimum absolute atomic E-state index is 0.344. The van der Waals surface area contributed by atoms with Crippen LogP contribution in [0.15, 0.2) is 11.6 Å². The first-order chi connectivity index (χ1) is 6.72. The summed E-state index contributed by atoms with van der Waals surface area (Å²) in [5, 5.41) is 0. The summed E-state index contributed by atoms with van der Waals surface area (Å²) in [4.78, 5) is 11.6. The van der Waals surface area contributed by atoms with Crippen molar-refractivity contribution in [2.24, 2.45) is 5.92 Å². The van der Waals surface area contributed by atoms with Crippen molar-refractivity contribution in [1.82, 2.24) is 0 Å². The van der Waals surface area contributed by atoms with E-state index in [1.165, 1.54) is 24.8 Å². The number of hydrogen-bond donors (Lipinski definition) is 0. The minimum atomic E-state index is 0.344. The summed E-state index contributed by atoms with van der Waals surface area (Å²) in [5.74, 6) is 0.888. The van der Waals surface area contributed by atoms with Gasteiger partial charge in [-0.25, -0.2) is 0 Å². The fourth-order valence-electron chi connectivity index (χ4n) is 1.92. The van der Waals surface area contributed by atoms with Crippen molar-refractivity contribution >= 4 is 5.78 Å². The highest BCUT2D eigenvalue weighted by atomic mass is 16.1. The molecule has 0 spiro atoms. The van der Waals surface area contributed by atoms with Crippen molar-refractivity contribution in [3.63, 3.8) is 0 Å². The van der Waals surface area contributed by atoms with Crippen molar-refractivity contribution in [1.29, 1.82) is 0 Å². The Morgan fingerprint density at radius 3 is 2.57 bits per heavy atom. The van der Waals surface area contributed by atoms with E-state index in [0.717, 1.165) is 25.7 Å². The van der Waals surface area contributed by atoms with Gasteiger partial charge in [0.15, 0.2) is 5.78 Å². The standard InChI is InChI=1S/C13H22O/c1-3-11(2)9-13(14)10-12-7-5-4-6-8-12/h10-11H,3-9H2,1-2H3. The Hall–Kier alpha value is -0.590. The highest BCUT2D eigenvalue weighted by Gasteiger charge is 2.09. The van der Waals surface area contributed by atoms with Gasteiger partial charge in [-0.1, -0.05) is 32.3 Å². The summed E-state index contributed by atoms with van der Waals surface area (Å²) in [6.45, 7) is 4.29. The van der Waals surface area contributed by atoms with Crippen LogP contribution in [0.1, 0.15) is 58.8 Å². The normalized spacial score (nSPS) is 19.1. The number of carbonyl (C=O) groups is 1. The lowest BCUT2D eigenvalue weighted by atomic mass is 9.92. The Morgan fingerprint density at radius 2 is 2.00 bits per heavy atom. The second-order valence-electron chi connectivity index (χ2n) is 4.55. The molecule has 0 aliphatic heterocycles. The summed E-state index contributed by atoms with van der Waals surface area (Å²) in [5.41, 5.74) is 1.39. The summed E-state index contributed by atoms with van der Waals surface area (Å²) in [6.07, 6.45) is 9.99. The molecule has 0 N–H and O–H groups in total. The minimum Gasteiger partial charge on any atom is -0.295 e. The lowest BCUT2D eigenvalue weighted by molar-refractivity contribution is -0.115. The summed E-state index contributed by atoms with van der Waals surface area (Å²) >= 11 is 0. The van der Waals surface area contributed by atoms with E-state index in [1.807, 2.05) is 6.08 Å². The van der Waals surface area contributed by atoms with E-state index in [4.69, 9.17) is 0 Å². The molecule has 80 valence electrons. The Morgan fingerprint density at radius 1 is 1.36 bits per heavy atom. The van der Waals surface area contributed by atoms with Gasteiger partial charge in [0.05, 0.1) is 0 Å².